The number of aromatic carboxylic acids is 1. The molecule has 1 aliphatic rings. The van der Waals surface area contributed by atoms with E-state index in [4.69, 9.17) is 15.6 Å². The number of benzene rings is 4. The molecule has 5 aromatic rings. The topological polar surface area (TPSA) is 110 Å². The summed E-state index contributed by atoms with van der Waals surface area (Å²) in [4.78, 5) is 43.7. The van der Waals surface area contributed by atoms with Crippen LogP contribution in [0.4, 0.5) is 5.69 Å². The Hall–Kier alpha value is -5.68. The van der Waals surface area contributed by atoms with E-state index < -0.39 is 17.8 Å². The molecule has 0 spiro atoms. The standard InChI is InChI=1S/C31H18N2O6/c1-2-14-38-27-13-10-20(28-32-24-16-19(9-12-26(24)39-28)18-6-4-3-5-7-18)17-25(27)33-29(34)22-11-8-21(31(36)37)15-23(22)30(33)35/h1,3-13,15-17H,14H2,(H,36,37). The average Bonchev–Trinajstić information content (AvgIpc) is 3.50. The highest BCUT2D eigenvalue weighted by molar-refractivity contribution is 6.35. The maximum absolute atomic E-state index is 13.3. The highest BCUT2D eigenvalue weighted by atomic mass is 16.5. The van der Waals surface area contributed by atoms with E-state index in [-0.39, 0.29) is 40.6 Å². The van der Waals surface area contributed by atoms with E-state index in [1.807, 2.05) is 48.5 Å². The van der Waals surface area contributed by atoms with Crippen LogP contribution in [0.25, 0.3) is 33.7 Å². The minimum atomic E-state index is -1.21. The van der Waals surface area contributed by atoms with Crippen LogP contribution in [-0.4, -0.2) is 34.5 Å². The maximum atomic E-state index is 13.3. The Morgan fingerprint density at radius 2 is 1.67 bits per heavy atom. The third-order valence-corrected chi connectivity index (χ3v) is 6.39. The zero-order chi connectivity index (χ0) is 27.1. The molecule has 1 N–H and O–H groups in total. The average molecular weight is 514 g/mol. The number of hydrogen-bond acceptors (Lipinski definition) is 6. The highest BCUT2D eigenvalue weighted by Gasteiger charge is 2.39. The number of ether oxygens (including phenoxy) is 1. The summed E-state index contributed by atoms with van der Waals surface area (Å²) in [5.41, 5.74) is 3.85. The van der Waals surface area contributed by atoms with Gasteiger partial charge in [-0.15, -0.1) is 6.42 Å². The number of oxazole rings is 1. The largest absolute Gasteiger partial charge is 0.479 e. The van der Waals surface area contributed by atoms with Crippen molar-refractivity contribution in [3.63, 3.8) is 0 Å². The number of carbonyl (C=O) groups excluding carboxylic acids is 2. The van der Waals surface area contributed by atoms with E-state index in [0.29, 0.717) is 16.7 Å². The van der Waals surface area contributed by atoms with Gasteiger partial charge in [-0.2, -0.15) is 0 Å². The van der Waals surface area contributed by atoms with Crippen molar-refractivity contribution >= 4 is 34.6 Å². The molecular formula is C31H18N2O6. The Labute approximate surface area is 222 Å². The molecule has 0 radical (unpaired) electrons. The van der Waals surface area contributed by atoms with Gasteiger partial charge in [-0.1, -0.05) is 42.3 Å². The van der Waals surface area contributed by atoms with Crippen LogP contribution in [0.3, 0.4) is 0 Å². The smallest absolute Gasteiger partial charge is 0.335 e. The van der Waals surface area contributed by atoms with Crippen molar-refractivity contribution < 1.29 is 28.6 Å². The Morgan fingerprint density at radius 1 is 0.897 bits per heavy atom. The number of rotatable bonds is 6. The Bertz CT molecular complexity index is 1850. The van der Waals surface area contributed by atoms with Crippen LogP contribution in [0.5, 0.6) is 5.75 Å². The van der Waals surface area contributed by atoms with Crippen LogP contribution in [0.15, 0.2) is 89.3 Å². The number of carboxylic acids is 1. The van der Waals surface area contributed by atoms with E-state index >= 15 is 0 Å². The number of carboxylic acid groups (broad SMARTS) is 1. The van der Waals surface area contributed by atoms with Gasteiger partial charge in [0.25, 0.3) is 11.8 Å². The number of terminal acetylenes is 1. The van der Waals surface area contributed by atoms with Crippen molar-refractivity contribution in [3.8, 4) is 40.7 Å². The van der Waals surface area contributed by atoms with Gasteiger partial charge in [0.2, 0.25) is 5.89 Å². The minimum Gasteiger partial charge on any atom is -0.479 e. The molecule has 188 valence electrons. The summed E-state index contributed by atoms with van der Waals surface area (Å²) >= 11 is 0. The highest BCUT2D eigenvalue weighted by Crippen LogP contribution is 2.39. The number of hydrogen-bond donors (Lipinski definition) is 1. The molecule has 1 aliphatic heterocycles. The molecule has 0 unspecified atom stereocenters. The lowest BCUT2D eigenvalue weighted by atomic mass is 10.1. The summed E-state index contributed by atoms with van der Waals surface area (Å²) in [6, 6.07) is 24.2. The SMILES string of the molecule is C#CCOc1ccc(-c2nc3cc(-c4ccccc4)ccc3o2)cc1N1C(=O)c2ccc(C(=O)O)cc2C1=O. The molecule has 0 saturated carbocycles. The minimum absolute atomic E-state index is 0.0106. The first kappa shape index (κ1) is 23.7. The Morgan fingerprint density at radius 3 is 2.44 bits per heavy atom. The van der Waals surface area contributed by atoms with Crippen molar-refractivity contribution in [2.45, 2.75) is 0 Å². The molecule has 6 rings (SSSR count). The normalized spacial score (nSPS) is 12.4. The number of nitrogens with zero attached hydrogens (tertiary/aromatic N) is 2. The van der Waals surface area contributed by atoms with Crippen LogP contribution in [0, 0.1) is 12.3 Å². The summed E-state index contributed by atoms with van der Waals surface area (Å²) in [5, 5.41) is 9.33. The molecule has 0 aliphatic carbocycles. The van der Waals surface area contributed by atoms with Crippen LogP contribution in [0.2, 0.25) is 0 Å². The second kappa shape index (κ2) is 9.32. The molecule has 0 fully saturated rings. The van der Waals surface area contributed by atoms with Gasteiger partial charge in [0.1, 0.15) is 17.9 Å². The third-order valence-electron chi connectivity index (χ3n) is 6.39. The molecule has 0 atom stereocenters. The summed E-state index contributed by atoms with van der Waals surface area (Å²) in [6.07, 6.45) is 5.36. The van der Waals surface area contributed by atoms with Gasteiger partial charge in [-0.3, -0.25) is 9.59 Å². The van der Waals surface area contributed by atoms with Gasteiger partial charge < -0.3 is 14.3 Å². The fourth-order valence-electron chi connectivity index (χ4n) is 4.52. The predicted molar refractivity (Wildman–Crippen MR) is 144 cm³/mol. The summed E-state index contributed by atoms with van der Waals surface area (Å²) in [7, 11) is 0. The van der Waals surface area contributed by atoms with E-state index in [2.05, 4.69) is 10.9 Å². The van der Waals surface area contributed by atoms with Gasteiger partial charge in [0, 0.05) is 5.56 Å². The number of aromatic nitrogens is 1. The predicted octanol–water partition coefficient (Wildman–Crippen LogP) is 5.67. The van der Waals surface area contributed by atoms with E-state index in [1.54, 1.807) is 18.2 Å². The molecule has 39 heavy (non-hydrogen) atoms. The fourth-order valence-corrected chi connectivity index (χ4v) is 4.52. The molecule has 2 amide bonds. The monoisotopic (exact) mass is 514 g/mol. The van der Waals surface area contributed by atoms with Crippen molar-refractivity contribution in [2.75, 3.05) is 11.5 Å². The van der Waals surface area contributed by atoms with Gasteiger partial charge in [0.05, 0.1) is 22.4 Å². The Kier molecular flexibility index (Phi) is 5.67. The molecule has 0 saturated heterocycles. The first-order valence-corrected chi connectivity index (χ1v) is 11.9. The summed E-state index contributed by atoms with van der Waals surface area (Å²) < 4.78 is 11.6. The maximum Gasteiger partial charge on any atom is 0.335 e. The second-order valence-corrected chi connectivity index (χ2v) is 8.75. The fraction of sp³-hybridized carbons (Fsp3) is 0.0323. The zero-order valence-electron chi connectivity index (χ0n) is 20.3. The van der Waals surface area contributed by atoms with E-state index in [0.717, 1.165) is 16.0 Å². The zero-order valence-corrected chi connectivity index (χ0v) is 20.3. The lowest BCUT2D eigenvalue weighted by Crippen LogP contribution is -2.30. The summed E-state index contributed by atoms with van der Waals surface area (Å²) in [5.74, 6) is 0.361. The number of carbonyl (C=O) groups is 3. The third kappa shape index (κ3) is 4.08. The first-order chi connectivity index (χ1) is 18.9. The molecule has 0 bridgehead atoms. The number of fused-ring (bicyclic) bond motifs is 2. The number of imide groups is 1. The molecule has 8 heteroatoms. The van der Waals surface area contributed by atoms with Crippen LogP contribution < -0.4 is 9.64 Å². The number of anilines is 1. The van der Waals surface area contributed by atoms with Gasteiger partial charge in [-0.25, -0.2) is 14.7 Å². The van der Waals surface area contributed by atoms with Crippen LogP contribution in [-0.2, 0) is 0 Å². The Balaban J connectivity index is 1.43. The first-order valence-electron chi connectivity index (χ1n) is 11.9. The van der Waals surface area contributed by atoms with Gasteiger partial charge in [0.15, 0.2) is 5.58 Å². The lowest BCUT2D eigenvalue weighted by molar-refractivity contribution is 0.0696. The quantitative estimate of drug-likeness (QED) is 0.230. The molecule has 4 aromatic carbocycles. The summed E-state index contributed by atoms with van der Waals surface area (Å²) in [6.45, 7) is -0.0934. The van der Waals surface area contributed by atoms with Gasteiger partial charge >= 0.3 is 5.97 Å². The second-order valence-electron chi connectivity index (χ2n) is 8.75. The van der Waals surface area contributed by atoms with Crippen molar-refractivity contribution in [2.24, 2.45) is 0 Å². The molecular weight excluding hydrogens is 496 g/mol. The van der Waals surface area contributed by atoms with Crippen molar-refractivity contribution in [1.82, 2.24) is 4.98 Å². The van der Waals surface area contributed by atoms with Gasteiger partial charge in [-0.05, 0) is 59.7 Å². The van der Waals surface area contributed by atoms with E-state index in [1.165, 1.54) is 18.2 Å². The van der Waals surface area contributed by atoms with Crippen molar-refractivity contribution in [3.05, 3.63) is 102 Å². The van der Waals surface area contributed by atoms with Crippen LogP contribution >= 0.6 is 0 Å². The lowest BCUT2D eigenvalue weighted by Gasteiger charge is -2.18. The van der Waals surface area contributed by atoms with Crippen LogP contribution in [0.1, 0.15) is 31.1 Å². The molecule has 2 heterocycles. The van der Waals surface area contributed by atoms with E-state index in [9.17, 15) is 19.5 Å². The number of amides is 2. The molecule has 8 nitrogen and oxygen atoms in total. The molecule has 1 aromatic heterocycles. The van der Waals surface area contributed by atoms with Crippen molar-refractivity contribution in [1.29, 1.82) is 0 Å².